The van der Waals surface area contributed by atoms with E-state index in [2.05, 4.69) is 4.98 Å². The molecule has 2 rings (SSSR count). The van der Waals surface area contributed by atoms with E-state index in [1.54, 1.807) is 17.7 Å². The number of hydrogen-bond donors (Lipinski definition) is 1. The van der Waals surface area contributed by atoms with Crippen molar-refractivity contribution in [2.24, 2.45) is 0 Å². The Morgan fingerprint density at radius 3 is 2.90 bits per heavy atom. The Morgan fingerprint density at radius 2 is 2.29 bits per heavy atom. The van der Waals surface area contributed by atoms with Crippen molar-refractivity contribution in [3.8, 4) is 0 Å². The van der Waals surface area contributed by atoms with Gasteiger partial charge in [-0.15, -0.1) is 11.3 Å². The van der Waals surface area contributed by atoms with Gasteiger partial charge in [0.2, 0.25) is 0 Å². The normalized spacial score (nSPS) is 10.2. The average molecular weight is 371 g/mol. The molecule has 0 radical (unpaired) electrons. The fraction of sp³-hybridized carbons (Fsp3) is 0.357. The van der Waals surface area contributed by atoms with E-state index in [0.29, 0.717) is 24.6 Å². The van der Waals surface area contributed by atoms with Crippen molar-refractivity contribution < 1.29 is 26.5 Å². The number of halogens is 1. The Labute approximate surface area is 137 Å². The lowest BCUT2D eigenvalue weighted by molar-refractivity contribution is -0.0000131. The Balaban J connectivity index is 0.00000220. The molecule has 0 spiro atoms. The summed E-state index contributed by atoms with van der Waals surface area (Å²) in [5.41, 5.74) is 0.896. The fourth-order valence-electron chi connectivity index (χ4n) is 1.79. The van der Waals surface area contributed by atoms with Crippen molar-refractivity contribution in [3.63, 3.8) is 0 Å². The molecule has 0 amide bonds. The quantitative estimate of drug-likeness (QED) is 0.674. The molecule has 0 atom stereocenters. The number of aryl methyl sites for hydroxylation is 1. The molecule has 0 aliphatic rings. The Kier molecular flexibility index (Phi) is 6.94. The molecule has 1 N–H and O–H groups in total. The number of nitrogens with zero attached hydrogens (tertiary/aromatic N) is 2. The van der Waals surface area contributed by atoms with Crippen molar-refractivity contribution >= 4 is 17.1 Å². The molecule has 2 heterocycles. The molecular formula is C14H17BrN3O2S-. The van der Waals surface area contributed by atoms with Gasteiger partial charge in [-0.25, -0.2) is 4.98 Å². The van der Waals surface area contributed by atoms with Crippen molar-refractivity contribution in [3.05, 3.63) is 45.5 Å². The lowest BCUT2D eigenvalue weighted by Crippen LogP contribution is -3.00. The maximum absolute atomic E-state index is 12.1. The molecule has 0 saturated carbocycles. The summed E-state index contributed by atoms with van der Waals surface area (Å²) in [5, 5.41) is 9.71. The number of Topliss-reactive ketones (excluding diaryl/α,β-unsaturated/α-hetero) is 1. The molecule has 0 unspecified atom stereocenters. The zero-order chi connectivity index (χ0) is 14.5. The van der Waals surface area contributed by atoms with Gasteiger partial charge in [0.05, 0.1) is 18.0 Å². The SMILES string of the molecule is CCOCc1cn(CC(=O)c2cccs2)c(C)nc1=N.[Br-]. The van der Waals surface area contributed by atoms with Crippen LogP contribution in [-0.4, -0.2) is 21.9 Å². The summed E-state index contributed by atoms with van der Waals surface area (Å²) < 4.78 is 7.09. The highest BCUT2D eigenvalue weighted by Crippen LogP contribution is 2.11. The minimum absolute atomic E-state index is 0. The minimum atomic E-state index is 0. The molecule has 2 aromatic heterocycles. The summed E-state index contributed by atoms with van der Waals surface area (Å²) in [6, 6.07) is 3.68. The van der Waals surface area contributed by atoms with Gasteiger partial charge in [0.1, 0.15) is 5.82 Å². The monoisotopic (exact) mass is 370 g/mol. The maximum atomic E-state index is 12.1. The standard InChI is InChI=1S/C14H17N3O2S.BrH/c1-3-19-9-11-7-17(10(2)16-14(11)15)8-12(18)13-5-4-6-20-13;/h4-7,15H,3,8-9H2,1-2H3;1H/p-1. The fourth-order valence-corrected chi connectivity index (χ4v) is 2.44. The van der Waals surface area contributed by atoms with Gasteiger partial charge in [0, 0.05) is 18.4 Å². The highest BCUT2D eigenvalue weighted by molar-refractivity contribution is 7.12. The molecule has 0 aliphatic heterocycles. The zero-order valence-corrected chi connectivity index (χ0v) is 14.3. The van der Waals surface area contributed by atoms with Crippen LogP contribution in [0.15, 0.2) is 23.7 Å². The highest BCUT2D eigenvalue weighted by Gasteiger charge is 2.10. The summed E-state index contributed by atoms with van der Waals surface area (Å²) in [5.74, 6) is 0.704. The van der Waals surface area contributed by atoms with E-state index in [4.69, 9.17) is 10.1 Å². The molecule has 7 heteroatoms. The minimum Gasteiger partial charge on any atom is -1.00 e. The number of rotatable bonds is 6. The van der Waals surface area contributed by atoms with Crippen molar-refractivity contribution in [2.75, 3.05) is 6.61 Å². The predicted molar refractivity (Wildman–Crippen MR) is 76.8 cm³/mol. The van der Waals surface area contributed by atoms with E-state index in [9.17, 15) is 4.79 Å². The molecule has 0 bridgehead atoms. The summed E-state index contributed by atoms with van der Waals surface area (Å²) in [6.45, 7) is 4.86. The Bertz CT molecular complexity index is 653. The summed E-state index contributed by atoms with van der Waals surface area (Å²) in [7, 11) is 0. The third-order valence-electron chi connectivity index (χ3n) is 2.88. The Morgan fingerprint density at radius 1 is 1.52 bits per heavy atom. The number of carbonyl (C=O) groups excluding carboxylic acids is 1. The van der Waals surface area contributed by atoms with Gasteiger partial charge in [-0.05, 0) is 25.3 Å². The smallest absolute Gasteiger partial charge is 0.192 e. The van der Waals surface area contributed by atoms with E-state index >= 15 is 0 Å². The summed E-state index contributed by atoms with van der Waals surface area (Å²) in [4.78, 5) is 17.0. The van der Waals surface area contributed by atoms with E-state index in [1.165, 1.54) is 11.3 Å². The summed E-state index contributed by atoms with van der Waals surface area (Å²) in [6.07, 6.45) is 1.78. The highest BCUT2D eigenvalue weighted by atomic mass is 79.9. The second kappa shape index (κ2) is 8.21. The van der Waals surface area contributed by atoms with Crippen LogP contribution >= 0.6 is 11.3 Å². The first-order valence-corrected chi connectivity index (χ1v) is 7.25. The van der Waals surface area contributed by atoms with Gasteiger partial charge in [-0.3, -0.25) is 10.2 Å². The van der Waals surface area contributed by atoms with Crippen LogP contribution in [0.4, 0.5) is 0 Å². The first-order chi connectivity index (χ1) is 9.61. The van der Waals surface area contributed by atoms with E-state index in [-0.39, 0.29) is 34.8 Å². The topological polar surface area (TPSA) is 68.0 Å². The number of ether oxygens (including phenoxy) is 1. The van der Waals surface area contributed by atoms with E-state index < -0.39 is 0 Å². The van der Waals surface area contributed by atoms with Crippen LogP contribution in [0.5, 0.6) is 0 Å². The molecule has 5 nitrogen and oxygen atoms in total. The van der Waals surface area contributed by atoms with Crippen LogP contribution in [0.25, 0.3) is 0 Å². The molecule has 0 aliphatic carbocycles. The van der Waals surface area contributed by atoms with E-state index in [1.807, 2.05) is 24.4 Å². The molecule has 0 fully saturated rings. The number of thiophene rings is 1. The first-order valence-electron chi connectivity index (χ1n) is 6.37. The van der Waals surface area contributed by atoms with Crippen LogP contribution < -0.4 is 22.5 Å². The van der Waals surface area contributed by atoms with Gasteiger partial charge >= 0.3 is 0 Å². The molecule has 0 saturated heterocycles. The lowest BCUT2D eigenvalue weighted by atomic mass is 10.3. The third-order valence-corrected chi connectivity index (χ3v) is 3.79. The van der Waals surface area contributed by atoms with Crippen LogP contribution in [0.2, 0.25) is 0 Å². The first kappa shape index (κ1) is 17.7. The van der Waals surface area contributed by atoms with Crippen LogP contribution in [0, 0.1) is 12.3 Å². The number of nitrogens with one attached hydrogen (secondary N) is 1. The van der Waals surface area contributed by atoms with Gasteiger partial charge < -0.3 is 26.3 Å². The van der Waals surface area contributed by atoms with Gasteiger partial charge in [-0.1, -0.05) is 6.07 Å². The third kappa shape index (κ3) is 4.59. The van der Waals surface area contributed by atoms with Crippen LogP contribution in [0.3, 0.4) is 0 Å². The molecular weight excluding hydrogens is 354 g/mol. The van der Waals surface area contributed by atoms with Crippen molar-refractivity contribution in [1.29, 1.82) is 5.41 Å². The number of hydrogen-bond acceptors (Lipinski definition) is 5. The van der Waals surface area contributed by atoms with Crippen LogP contribution in [-0.2, 0) is 17.9 Å². The Hall–Kier alpha value is -1.31. The zero-order valence-electron chi connectivity index (χ0n) is 11.9. The second-order valence-electron chi connectivity index (χ2n) is 4.33. The maximum Gasteiger partial charge on any atom is 0.192 e. The van der Waals surface area contributed by atoms with Gasteiger partial charge in [0.15, 0.2) is 11.3 Å². The molecule has 0 aromatic carbocycles. The van der Waals surface area contributed by atoms with E-state index in [0.717, 1.165) is 4.88 Å². The number of ketones is 1. The number of aromatic nitrogens is 2. The van der Waals surface area contributed by atoms with Gasteiger partial charge in [-0.2, -0.15) is 0 Å². The van der Waals surface area contributed by atoms with Crippen molar-refractivity contribution in [2.45, 2.75) is 27.0 Å². The molecule has 2 aromatic rings. The lowest BCUT2D eigenvalue weighted by Gasteiger charge is -2.11. The average Bonchev–Trinajstić information content (AvgIpc) is 2.94. The van der Waals surface area contributed by atoms with Gasteiger partial charge in [0.25, 0.3) is 0 Å². The van der Waals surface area contributed by atoms with Crippen LogP contribution in [0.1, 0.15) is 28.0 Å². The van der Waals surface area contributed by atoms with Crippen molar-refractivity contribution in [1.82, 2.24) is 9.55 Å². The predicted octanol–water partition coefficient (Wildman–Crippen LogP) is -0.844. The largest absolute Gasteiger partial charge is 1.00 e. The second-order valence-corrected chi connectivity index (χ2v) is 5.28. The number of carbonyl (C=O) groups is 1. The molecule has 114 valence electrons. The molecule has 21 heavy (non-hydrogen) atoms. The summed E-state index contributed by atoms with van der Waals surface area (Å²) >= 11 is 1.43.